The van der Waals surface area contributed by atoms with Gasteiger partial charge in [0.05, 0.1) is 0 Å². The summed E-state index contributed by atoms with van der Waals surface area (Å²) in [5, 5.41) is 6.89. The number of hydrogen-bond acceptors (Lipinski definition) is 4. The minimum atomic E-state index is -0.189. The third kappa shape index (κ3) is 2.97. The number of benzene rings is 1. The van der Waals surface area contributed by atoms with Gasteiger partial charge < -0.3 is 15.6 Å². The van der Waals surface area contributed by atoms with Gasteiger partial charge >= 0.3 is 0 Å². The van der Waals surface area contributed by atoms with E-state index in [9.17, 15) is 4.79 Å². The van der Waals surface area contributed by atoms with E-state index in [4.69, 9.17) is 10.3 Å². The SMILES string of the molecule is NCC1CCCC1NC(=O)c1cc(-c2ccccc2)on1. The Balaban J connectivity index is 1.70. The normalized spacial score (nSPS) is 21.4. The summed E-state index contributed by atoms with van der Waals surface area (Å²) in [7, 11) is 0. The number of aromatic nitrogens is 1. The van der Waals surface area contributed by atoms with Gasteiger partial charge in [0.15, 0.2) is 11.5 Å². The summed E-state index contributed by atoms with van der Waals surface area (Å²) >= 11 is 0. The maximum Gasteiger partial charge on any atom is 0.273 e. The summed E-state index contributed by atoms with van der Waals surface area (Å²) in [6, 6.07) is 11.4. The third-order valence-electron chi connectivity index (χ3n) is 4.08. The van der Waals surface area contributed by atoms with Gasteiger partial charge in [-0.15, -0.1) is 0 Å². The molecule has 0 aliphatic heterocycles. The fourth-order valence-corrected chi connectivity index (χ4v) is 2.87. The molecule has 21 heavy (non-hydrogen) atoms. The maximum atomic E-state index is 12.2. The van der Waals surface area contributed by atoms with Gasteiger partial charge in [-0.1, -0.05) is 41.9 Å². The van der Waals surface area contributed by atoms with Crippen LogP contribution in [0.15, 0.2) is 40.9 Å². The highest BCUT2D eigenvalue weighted by Gasteiger charge is 2.28. The number of nitrogens with zero attached hydrogens (tertiary/aromatic N) is 1. The Bertz CT molecular complexity index is 609. The lowest BCUT2D eigenvalue weighted by Gasteiger charge is -2.18. The number of carbonyl (C=O) groups is 1. The van der Waals surface area contributed by atoms with Crippen molar-refractivity contribution in [2.45, 2.75) is 25.3 Å². The Labute approximate surface area is 123 Å². The van der Waals surface area contributed by atoms with Crippen LogP contribution in [0.25, 0.3) is 11.3 Å². The second-order valence-electron chi connectivity index (χ2n) is 5.45. The highest BCUT2D eigenvalue weighted by molar-refractivity contribution is 5.93. The van der Waals surface area contributed by atoms with Gasteiger partial charge in [0.1, 0.15) is 0 Å². The van der Waals surface area contributed by atoms with Crippen LogP contribution in [0.5, 0.6) is 0 Å². The zero-order valence-electron chi connectivity index (χ0n) is 11.8. The van der Waals surface area contributed by atoms with Gasteiger partial charge in [-0.2, -0.15) is 0 Å². The average molecular weight is 285 g/mol. The number of hydrogen-bond donors (Lipinski definition) is 2. The minimum absolute atomic E-state index is 0.152. The highest BCUT2D eigenvalue weighted by atomic mass is 16.5. The molecule has 1 amide bonds. The Morgan fingerprint density at radius 3 is 2.90 bits per heavy atom. The van der Waals surface area contributed by atoms with Crippen LogP contribution in [0.1, 0.15) is 29.8 Å². The Morgan fingerprint density at radius 1 is 1.33 bits per heavy atom. The Morgan fingerprint density at radius 2 is 2.14 bits per heavy atom. The van der Waals surface area contributed by atoms with E-state index in [0.29, 0.717) is 23.9 Å². The number of nitrogens with one attached hydrogen (secondary N) is 1. The van der Waals surface area contributed by atoms with Gasteiger partial charge in [0.2, 0.25) is 0 Å². The van der Waals surface area contributed by atoms with E-state index < -0.39 is 0 Å². The molecule has 2 aromatic rings. The van der Waals surface area contributed by atoms with Crippen molar-refractivity contribution in [3.63, 3.8) is 0 Å². The number of nitrogens with two attached hydrogens (primary N) is 1. The van der Waals surface area contributed by atoms with E-state index in [1.807, 2.05) is 30.3 Å². The van der Waals surface area contributed by atoms with Crippen LogP contribution in [0.3, 0.4) is 0 Å². The number of amides is 1. The first kappa shape index (κ1) is 13.8. The van der Waals surface area contributed by atoms with E-state index in [1.54, 1.807) is 6.07 Å². The van der Waals surface area contributed by atoms with Gasteiger partial charge in [0.25, 0.3) is 5.91 Å². The van der Waals surface area contributed by atoms with Crippen molar-refractivity contribution < 1.29 is 9.32 Å². The molecule has 2 atom stereocenters. The first-order chi connectivity index (χ1) is 10.3. The number of carbonyl (C=O) groups excluding carboxylic acids is 1. The van der Waals surface area contributed by atoms with Crippen molar-refractivity contribution >= 4 is 5.91 Å². The molecule has 0 saturated heterocycles. The molecule has 0 spiro atoms. The summed E-state index contributed by atoms with van der Waals surface area (Å²) in [4.78, 5) is 12.2. The van der Waals surface area contributed by atoms with Gasteiger partial charge in [-0.3, -0.25) is 4.79 Å². The van der Waals surface area contributed by atoms with Gasteiger partial charge in [0, 0.05) is 17.7 Å². The molecule has 1 aliphatic carbocycles. The van der Waals surface area contributed by atoms with Crippen LogP contribution in [-0.4, -0.2) is 23.7 Å². The van der Waals surface area contributed by atoms with Crippen molar-refractivity contribution in [2.24, 2.45) is 11.7 Å². The van der Waals surface area contributed by atoms with E-state index in [-0.39, 0.29) is 11.9 Å². The van der Waals surface area contributed by atoms with E-state index in [0.717, 1.165) is 24.8 Å². The summed E-state index contributed by atoms with van der Waals surface area (Å²) in [5.74, 6) is 0.781. The van der Waals surface area contributed by atoms with Gasteiger partial charge in [-0.05, 0) is 25.3 Å². The van der Waals surface area contributed by atoms with Crippen LogP contribution in [0.2, 0.25) is 0 Å². The van der Waals surface area contributed by atoms with Crippen molar-refractivity contribution in [1.29, 1.82) is 0 Å². The van der Waals surface area contributed by atoms with Crippen molar-refractivity contribution in [2.75, 3.05) is 6.54 Å². The molecule has 1 aromatic carbocycles. The molecular weight excluding hydrogens is 266 g/mol. The summed E-state index contributed by atoms with van der Waals surface area (Å²) in [6.07, 6.45) is 3.17. The largest absolute Gasteiger partial charge is 0.355 e. The Kier molecular flexibility index (Phi) is 4.01. The molecule has 3 N–H and O–H groups in total. The summed E-state index contributed by atoms with van der Waals surface area (Å²) in [6.45, 7) is 0.610. The molecule has 3 rings (SSSR count). The van der Waals surface area contributed by atoms with Crippen LogP contribution < -0.4 is 11.1 Å². The molecule has 1 aromatic heterocycles. The molecule has 2 unspecified atom stereocenters. The average Bonchev–Trinajstić information content (AvgIpc) is 3.17. The van der Waals surface area contributed by atoms with Crippen LogP contribution in [-0.2, 0) is 0 Å². The fraction of sp³-hybridized carbons (Fsp3) is 0.375. The van der Waals surface area contributed by atoms with Crippen molar-refractivity contribution in [3.8, 4) is 11.3 Å². The zero-order valence-corrected chi connectivity index (χ0v) is 11.8. The topological polar surface area (TPSA) is 81.1 Å². The predicted octanol–water partition coefficient (Wildman–Crippen LogP) is 2.20. The monoisotopic (exact) mass is 285 g/mol. The molecular formula is C16H19N3O2. The van der Waals surface area contributed by atoms with Crippen molar-refractivity contribution in [3.05, 3.63) is 42.1 Å². The van der Waals surface area contributed by atoms with Crippen LogP contribution in [0, 0.1) is 5.92 Å². The zero-order chi connectivity index (χ0) is 14.7. The van der Waals surface area contributed by atoms with Crippen molar-refractivity contribution in [1.82, 2.24) is 10.5 Å². The van der Waals surface area contributed by atoms with E-state index in [2.05, 4.69) is 10.5 Å². The highest BCUT2D eigenvalue weighted by Crippen LogP contribution is 2.25. The molecule has 1 fully saturated rings. The summed E-state index contributed by atoms with van der Waals surface area (Å²) < 4.78 is 5.25. The van der Waals surface area contributed by atoms with Crippen LogP contribution >= 0.6 is 0 Å². The molecule has 5 nitrogen and oxygen atoms in total. The lowest BCUT2D eigenvalue weighted by atomic mass is 10.0. The molecule has 1 saturated carbocycles. The smallest absolute Gasteiger partial charge is 0.273 e. The summed E-state index contributed by atoms with van der Waals surface area (Å²) in [5.41, 5.74) is 6.96. The number of rotatable bonds is 4. The first-order valence-corrected chi connectivity index (χ1v) is 7.31. The molecule has 0 bridgehead atoms. The quantitative estimate of drug-likeness (QED) is 0.902. The molecule has 0 radical (unpaired) electrons. The molecule has 1 heterocycles. The van der Waals surface area contributed by atoms with Gasteiger partial charge in [-0.25, -0.2) is 0 Å². The standard InChI is InChI=1S/C16H19N3O2/c17-10-12-7-4-8-13(12)18-16(20)14-9-15(21-19-14)11-5-2-1-3-6-11/h1-3,5-6,9,12-13H,4,7-8,10,17H2,(H,18,20). The second kappa shape index (κ2) is 6.10. The Hall–Kier alpha value is -2.14. The molecule has 5 heteroatoms. The third-order valence-corrected chi connectivity index (χ3v) is 4.08. The minimum Gasteiger partial charge on any atom is -0.355 e. The lowest BCUT2D eigenvalue weighted by molar-refractivity contribution is 0.0919. The fourth-order valence-electron chi connectivity index (χ4n) is 2.87. The lowest BCUT2D eigenvalue weighted by Crippen LogP contribution is -2.39. The molecule has 1 aliphatic rings. The second-order valence-corrected chi connectivity index (χ2v) is 5.45. The van der Waals surface area contributed by atoms with E-state index >= 15 is 0 Å². The van der Waals surface area contributed by atoms with Crippen LogP contribution in [0.4, 0.5) is 0 Å². The van der Waals surface area contributed by atoms with E-state index in [1.165, 1.54) is 0 Å². The maximum absolute atomic E-state index is 12.2. The molecule has 110 valence electrons. The predicted molar refractivity (Wildman–Crippen MR) is 79.6 cm³/mol. The first-order valence-electron chi connectivity index (χ1n) is 7.31.